The highest BCUT2D eigenvalue weighted by Crippen LogP contribution is 2.00. The molecule has 0 fully saturated rings. The van der Waals surface area contributed by atoms with Crippen molar-refractivity contribution in [3.8, 4) is 0 Å². The van der Waals surface area contributed by atoms with Crippen molar-refractivity contribution in [2.75, 3.05) is 5.73 Å². The van der Waals surface area contributed by atoms with Crippen LogP contribution in [0.15, 0.2) is 18.3 Å². The van der Waals surface area contributed by atoms with Crippen molar-refractivity contribution in [1.29, 1.82) is 10.8 Å². The van der Waals surface area contributed by atoms with Crippen LogP contribution in [0.3, 0.4) is 0 Å². The first-order chi connectivity index (χ1) is 5.24. The summed E-state index contributed by atoms with van der Waals surface area (Å²) in [6, 6.07) is 3.27. The van der Waals surface area contributed by atoms with Gasteiger partial charge in [-0.2, -0.15) is 0 Å². The number of hydrogen-bond acceptors (Lipinski definition) is 4. The van der Waals surface area contributed by atoms with Crippen LogP contribution in [0.5, 0.6) is 0 Å². The molecule has 0 aliphatic rings. The van der Waals surface area contributed by atoms with E-state index in [0.29, 0.717) is 11.4 Å². The molecule has 0 amide bonds. The minimum atomic E-state index is 0.137. The second kappa shape index (κ2) is 2.92. The second-order valence-electron chi connectivity index (χ2n) is 2.03. The molecule has 0 saturated heterocycles. The molecule has 1 aromatic heterocycles. The third-order valence-electron chi connectivity index (χ3n) is 1.24. The van der Waals surface area contributed by atoms with Crippen LogP contribution in [-0.4, -0.2) is 16.9 Å². The molecule has 0 spiro atoms. The van der Waals surface area contributed by atoms with Gasteiger partial charge in [0.15, 0.2) is 0 Å². The fourth-order valence-corrected chi connectivity index (χ4v) is 0.648. The molecule has 0 bridgehead atoms. The molecule has 0 unspecified atom stereocenters. The van der Waals surface area contributed by atoms with Gasteiger partial charge in [-0.05, 0) is 12.1 Å². The SMILES string of the molecule is N=CC(=N)c1ccc(N)nc1. The molecule has 0 aliphatic carbocycles. The molecule has 4 nitrogen and oxygen atoms in total. The maximum atomic E-state index is 7.23. The number of anilines is 1. The van der Waals surface area contributed by atoms with E-state index in [4.69, 9.17) is 16.6 Å². The number of nitrogen functional groups attached to an aromatic ring is 1. The molecule has 11 heavy (non-hydrogen) atoms. The lowest BCUT2D eigenvalue weighted by Gasteiger charge is -1.96. The summed E-state index contributed by atoms with van der Waals surface area (Å²) < 4.78 is 0. The number of rotatable bonds is 2. The van der Waals surface area contributed by atoms with Gasteiger partial charge < -0.3 is 11.1 Å². The van der Waals surface area contributed by atoms with E-state index in [-0.39, 0.29) is 5.71 Å². The first kappa shape index (κ1) is 7.40. The zero-order valence-corrected chi connectivity index (χ0v) is 5.83. The van der Waals surface area contributed by atoms with E-state index in [0.717, 1.165) is 6.21 Å². The highest BCUT2D eigenvalue weighted by atomic mass is 14.8. The van der Waals surface area contributed by atoms with Crippen LogP contribution in [0.2, 0.25) is 0 Å². The Hall–Kier alpha value is -1.71. The van der Waals surface area contributed by atoms with E-state index in [1.807, 2.05) is 0 Å². The Bertz CT molecular complexity index is 275. The molecule has 4 N–H and O–H groups in total. The van der Waals surface area contributed by atoms with Gasteiger partial charge in [0.05, 0.1) is 5.71 Å². The fourth-order valence-electron chi connectivity index (χ4n) is 0.648. The molecule has 1 rings (SSSR count). The van der Waals surface area contributed by atoms with Crippen molar-refractivity contribution in [3.05, 3.63) is 23.9 Å². The number of pyridine rings is 1. The fraction of sp³-hybridized carbons (Fsp3) is 0. The van der Waals surface area contributed by atoms with Gasteiger partial charge in [-0.15, -0.1) is 0 Å². The molecule has 4 heteroatoms. The van der Waals surface area contributed by atoms with Crippen LogP contribution < -0.4 is 5.73 Å². The third-order valence-corrected chi connectivity index (χ3v) is 1.24. The van der Waals surface area contributed by atoms with Gasteiger partial charge in [-0.25, -0.2) is 4.98 Å². The predicted octanol–water partition coefficient (Wildman–Crippen LogP) is 0.681. The summed E-state index contributed by atoms with van der Waals surface area (Å²) in [4.78, 5) is 3.78. The molecule has 0 atom stereocenters. The summed E-state index contributed by atoms with van der Waals surface area (Å²) in [6.07, 6.45) is 2.44. The van der Waals surface area contributed by atoms with Crippen LogP contribution in [0.4, 0.5) is 5.82 Å². The van der Waals surface area contributed by atoms with Gasteiger partial charge in [-0.1, -0.05) is 0 Å². The number of nitrogens with two attached hydrogens (primary N) is 1. The first-order valence-electron chi connectivity index (χ1n) is 3.05. The number of hydrogen-bond donors (Lipinski definition) is 3. The maximum Gasteiger partial charge on any atom is 0.123 e. The van der Waals surface area contributed by atoms with E-state index >= 15 is 0 Å². The van der Waals surface area contributed by atoms with Gasteiger partial charge in [0.2, 0.25) is 0 Å². The van der Waals surface area contributed by atoms with Crippen LogP contribution in [-0.2, 0) is 0 Å². The largest absolute Gasteiger partial charge is 0.384 e. The lowest BCUT2D eigenvalue weighted by atomic mass is 10.2. The Morgan fingerprint density at radius 1 is 1.55 bits per heavy atom. The van der Waals surface area contributed by atoms with E-state index < -0.39 is 0 Å². The third kappa shape index (κ3) is 1.61. The molecular formula is C7H8N4. The standard InChI is InChI=1S/C7H8N4/c8-3-6(9)5-1-2-7(10)11-4-5/h1-4,8-9H,(H2,10,11). The zero-order valence-electron chi connectivity index (χ0n) is 5.83. The summed E-state index contributed by atoms with van der Waals surface area (Å²) >= 11 is 0. The summed E-state index contributed by atoms with van der Waals surface area (Å²) in [5, 5.41) is 14.0. The van der Waals surface area contributed by atoms with Gasteiger partial charge in [0, 0.05) is 18.0 Å². The smallest absolute Gasteiger partial charge is 0.123 e. The van der Waals surface area contributed by atoms with E-state index in [2.05, 4.69) is 4.98 Å². The maximum absolute atomic E-state index is 7.23. The minimum Gasteiger partial charge on any atom is -0.384 e. The summed E-state index contributed by atoms with van der Waals surface area (Å²) in [6.45, 7) is 0. The van der Waals surface area contributed by atoms with Crippen LogP contribution in [0.1, 0.15) is 5.56 Å². The van der Waals surface area contributed by atoms with Crippen molar-refractivity contribution in [3.63, 3.8) is 0 Å². The van der Waals surface area contributed by atoms with Crippen molar-refractivity contribution < 1.29 is 0 Å². The molecule has 0 aromatic carbocycles. The molecule has 1 aromatic rings. The number of nitrogens with zero attached hydrogens (tertiary/aromatic N) is 1. The summed E-state index contributed by atoms with van der Waals surface area (Å²) in [5.41, 5.74) is 6.07. The average Bonchev–Trinajstić information content (AvgIpc) is 2.05. The van der Waals surface area contributed by atoms with Crippen LogP contribution in [0, 0.1) is 10.8 Å². The highest BCUT2D eigenvalue weighted by molar-refractivity contribution is 6.35. The predicted molar refractivity (Wildman–Crippen MR) is 44.3 cm³/mol. The van der Waals surface area contributed by atoms with Gasteiger partial charge in [0.1, 0.15) is 5.82 Å². The van der Waals surface area contributed by atoms with E-state index in [9.17, 15) is 0 Å². The normalized spacial score (nSPS) is 9.09. The Morgan fingerprint density at radius 3 is 2.73 bits per heavy atom. The Balaban J connectivity index is 2.98. The van der Waals surface area contributed by atoms with Gasteiger partial charge in [0.25, 0.3) is 0 Å². The van der Waals surface area contributed by atoms with Crippen LogP contribution >= 0.6 is 0 Å². The van der Waals surface area contributed by atoms with Gasteiger partial charge in [-0.3, -0.25) is 5.41 Å². The lowest BCUT2D eigenvalue weighted by Crippen LogP contribution is -2.00. The average molecular weight is 148 g/mol. The van der Waals surface area contributed by atoms with Crippen molar-refractivity contribution in [2.45, 2.75) is 0 Å². The monoisotopic (exact) mass is 148 g/mol. The molecule has 1 heterocycles. The minimum absolute atomic E-state index is 0.137. The molecule has 56 valence electrons. The highest BCUT2D eigenvalue weighted by Gasteiger charge is 1.96. The Labute approximate surface area is 64.1 Å². The van der Waals surface area contributed by atoms with E-state index in [1.165, 1.54) is 6.20 Å². The summed E-state index contributed by atoms with van der Waals surface area (Å²) in [5.74, 6) is 0.423. The lowest BCUT2D eigenvalue weighted by molar-refractivity contribution is 1.32. The van der Waals surface area contributed by atoms with Gasteiger partial charge >= 0.3 is 0 Å². The summed E-state index contributed by atoms with van der Waals surface area (Å²) in [7, 11) is 0. The quantitative estimate of drug-likeness (QED) is 0.538. The molecule has 0 aliphatic heterocycles. The zero-order chi connectivity index (χ0) is 8.27. The van der Waals surface area contributed by atoms with Crippen molar-refractivity contribution in [2.24, 2.45) is 0 Å². The molecule has 0 saturated carbocycles. The second-order valence-corrected chi connectivity index (χ2v) is 2.03. The van der Waals surface area contributed by atoms with Crippen LogP contribution in [0.25, 0.3) is 0 Å². The topological polar surface area (TPSA) is 86.6 Å². The van der Waals surface area contributed by atoms with Crippen molar-refractivity contribution >= 4 is 17.7 Å². The first-order valence-corrected chi connectivity index (χ1v) is 3.05. The number of aromatic nitrogens is 1. The Morgan fingerprint density at radius 2 is 2.27 bits per heavy atom. The molecular weight excluding hydrogens is 140 g/mol. The molecule has 0 radical (unpaired) electrons. The number of nitrogens with one attached hydrogen (secondary N) is 2. The Kier molecular flexibility index (Phi) is 1.96. The van der Waals surface area contributed by atoms with Crippen molar-refractivity contribution in [1.82, 2.24) is 4.98 Å². The van der Waals surface area contributed by atoms with E-state index in [1.54, 1.807) is 12.1 Å².